The van der Waals surface area contributed by atoms with Gasteiger partial charge in [0.2, 0.25) is 0 Å². The van der Waals surface area contributed by atoms with Gasteiger partial charge in [0.15, 0.2) is 5.78 Å². The smallest absolute Gasteiger partial charge is 0.162 e. The summed E-state index contributed by atoms with van der Waals surface area (Å²) in [6, 6.07) is 8.56. The minimum atomic E-state index is 0.204. The molecule has 110 valence electrons. The number of nitrogens with zero attached hydrogens (tertiary/aromatic N) is 1. The van der Waals surface area contributed by atoms with Gasteiger partial charge >= 0.3 is 0 Å². The average molecular weight is 275 g/mol. The van der Waals surface area contributed by atoms with Crippen LogP contribution < -0.4 is 4.90 Å². The molecule has 0 bridgehead atoms. The van der Waals surface area contributed by atoms with E-state index in [2.05, 4.69) is 24.0 Å². The summed E-state index contributed by atoms with van der Waals surface area (Å²) in [7, 11) is 1.74. The summed E-state index contributed by atoms with van der Waals surface area (Å²) in [6.07, 6.45) is 3.22. The van der Waals surface area contributed by atoms with Crippen LogP contribution in [0.1, 0.15) is 43.5 Å². The van der Waals surface area contributed by atoms with E-state index >= 15 is 0 Å². The molecule has 1 aromatic carbocycles. The minimum absolute atomic E-state index is 0.204. The highest BCUT2D eigenvalue weighted by molar-refractivity contribution is 5.96. The molecule has 0 radical (unpaired) electrons. The minimum Gasteiger partial charge on any atom is -0.383 e. The zero-order valence-electron chi connectivity index (χ0n) is 12.8. The fourth-order valence-electron chi connectivity index (χ4n) is 2.63. The van der Waals surface area contributed by atoms with Gasteiger partial charge in [-0.15, -0.1) is 0 Å². The van der Waals surface area contributed by atoms with Crippen LogP contribution in [0.5, 0.6) is 0 Å². The van der Waals surface area contributed by atoms with Gasteiger partial charge in [0.1, 0.15) is 0 Å². The van der Waals surface area contributed by atoms with E-state index in [9.17, 15) is 4.79 Å². The molecular formula is C17H25NO2. The van der Waals surface area contributed by atoms with Crippen molar-refractivity contribution in [3.8, 4) is 0 Å². The van der Waals surface area contributed by atoms with E-state index in [0.29, 0.717) is 12.5 Å². The molecule has 0 amide bonds. The number of methoxy groups -OCH3 is 1. The Kier molecular flexibility index (Phi) is 5.18. The van der Waals surface area contributed by atoms with Crippen LogP contribution in [0.3, 0.4) is 0 Å². The van der Waals surface area contributed by atoms with Gasteiger partial charge < -0.3 is 9.64 Å². The molecule has 0 N–H and O–H groups in total. The van der Waals surface area contributed by atoms with Crippen LogP contribution in [0.25, 0.3) is 0 Å². The molecule has 1 atom stereocenters. The maximum Gasteiger partial charge on any atom is 0.162 e. The van der Waals surface area contributed by atoms with Gasteiger partial charge in [0, 0.05) is 37.4 Å². The number of Topliss-reactive ketones (excluding diaryl/α,β-unsaturated/α-hetero) is 1. The molecule has 1 fully saturated rings. The van der Waals surface area contributed by atoms with Crippen molar-refractivity contribution in [2.75, 3.05) is 25.2 Å². The third-order valence-corrected chi connectivity index (χ3v) is 4.17. The fraction of sp³-hybridized carbons (Fsp3) is 0.588. The number of ether oxygens (including phenoxy) is 1. The van der Waals surface area contributed by atoms with E-state index in [0.717, 1.165) is 24.6 Å². The van der Waals surface area contributed by atoms with Crippen molar-refractivity contribution in [3.05, 3.63) is 29.8 Å². The first-order valence-corrected chi connectivity index (χ1v) is 7.56. The van der Waals surface area contributed by atoms with Crippen LogP contribution in [0.15, 0.2) is 24.3 Å². The highest BCUT2D eigenvalue weighted by Crippen LogP contribution is 2.36. The lowest BCUT2D eigenvalue weighted by Crippen LogP contribution is -2.37. The van der Waals surface area contributed by atoms with Crippen LogP contribution in [0, 0.1) is 5.92 Å². The molecule has 0 spiro atoms. The Balaban J connectivity index is 2.12. The summed E-state index contributed by atoms with van der Waals surface area (Å²) < 4.78 is 5.23. The Labute approximate surface area is 121 Å². The molecule has 2 rings (SSSR count). The predicted molar refractivity (Wildman–Crippen MR) is 82.5 cm³/mol. The Morgan fingerprint density at radius 3 is 2.50 bits per heavy atom. The molecule has 0 heterocycles. The summed E-state index contributed by atoms with van der Waals surface area (Å²) in [4.78, 5) is 14.1. The molecule has 1 aliphatic rings. The van der Waals surface area contributed by atoms with Crippen LogP contribution >= 0.6 is 0 Å². The second-order valence-corrected chi connectivity index (χ2v) is 5.59. The predicted octanol–water partition coefficient (Wildman–Crippen LogP) is 3.53. The Morgan fingerprint density at radius 1 is 1.35 bits per heavy atom. The molecule has 3 heteroatoms. The highest BCUT2D eigenvalue weighted by atomic mass is 16.5. The molecule has 0 aromatic heterocycles. The fourth-order valence-corrected chi connectivity index (χ4v) is 2.63. The highest BCUT2D eigenvalue weighted by Gasteiger charge is 2.32. The van der Waals surface area contributed by atoms with Gasteiger partial charge in [0.25, 0.3) is 0 Å². The summed E-state index contributed by atoms with van der Waals surface area (Å²) in [6.45, 7) is 5.82. The normalized spacial score (nSPS) is 15.9. The molecule has 0 saturated heterocycles. The van der Waals surface area contributed by atoms with Gasteiger partial charge in [-0.2, -0.15) is 0 Å². The number of carbonyl (C=O) groups is 1. The van der Waals surface area contributed by atoms with E-state index < -0.39 is 0 Å². The maximum absolute atomic E-state index is 11.7. The van der Waals surface area contributed by atoms with Crippen molar-refractivity contribution in [2.24, 2.45) is 5.92 Å². The summed E-state index contributed by atoms with van der Waals surface area (Å²) in [5.74, 6) is 1.01. The first kappa shape index (κ1) is 15.0. The van der Waals surface area contributed by atoms with Gasteiger partial charge in [-0.3, -0.25) is 4.79 Å². The lowest BCUT2D eigenvalue weighted by Gasteiger charge is -2.31. The number of carbonyl (C=O) groups excluding carboxylic acids is 1. The molecular weight excluding hydrogens is 250 g/mol. The van der Waals surface area contributed by atoms with E-state index in [1.807, 2.05) is 19.1 Å². The quantitative estimate of drug-likeness (QED) is 0.680. The Morgan fingerprint density at radius 2 is 2.00 bits per heavy atom. The third kappa shape index (κ3) is 3.60. The average Bonchev–Trinajstić information content (AvgIpc) is 3.32. The third-order valence-electron chi connectivity index (χ3n) is 4.17. The molecule has 1 saturated carbocycles. The van der Waals surface area contributed by atoms with Crippen molar-refractivity contribution < 1.29 is 9.53 Å². The van der Waals surface area contributed by atoms with Crippen molar-refractivity contribution in [3.63, 3.8) is 0 Å². The first-order chi connectivity index (χ1) is 9.67. The summed E-state index contributed by atoms with van der Waals surface area (Å²) in [5.41, 5.74) is 2.00. The Hall–Kier alpha value is -1.35. The van der Waals surface area contributed by atoms with Crippen molar-refractivity contribution >= 4 is 11.5 Å². The Bertz CT molecular complexity index is 437. The summed E-state index contributed by atoms with van der Waals surface area (Å²) in [5, 5.41) is 0. The van der Waals surface area contributed by atoms with Crippen LogP contribution in [-0.2, 0) is 4.74 Å². The zero-order valence-corrected chi connectivity index (χ0v) is 12.8. The zero-order chi connectivity index (χ0) is 14.5. The maximum atomic E-state index is 11.7. The molecule has 3 nitrogen and oxygen atoms in total. The standard InChI is InChI=1S/C17H25NO2/c1-4-17(19)15-7-9-16(10-8-15)18(11-12-20-3)13(2)14-5-6-14/h7-10,13-14H,4-6,11-12H2,1-3H3. The molecule has 1 aromatic rings. The van der Waals surface area contributed by atoms with Crippen LogP contribution in [0.4, 0.5) is 5.69 Å². The topological polar surface area (TPSA) is 29.5 Å². The van der Waals surface area contributed by atoms with E-state index in [-0.39, 0.29) is 5.78 Å². The van der Waals surface area contributed by atoms with E-state index in [1.54, 1.807) is 7.11 Å². The molecule has 1 unspecified atom stereocenters. The van der Waals surface area contributed by atoms with E-state index in [1.165, 1.54) is 18.5 Å². The second kappa shape index (κ2) is 6.89. The number of hydrogen-bond acceptors (Lipinski definition) is 3. The lowest BCUT2D eigenvalue weighted by molar-refractivity contribution is 0.0988. The molecule has 1 aliphatic carbocycles. The number of rotatable bonds is 8. The van der Waals surface area contributed by atoms with Crippen molar-refractivity contribution in [1.29, 1.82) is 0 Å². The van der Waals surface area contributed by atoms with Gasteiger partial charge in [-0.25, -0.2) is 0 Å². The van der Waals surface area contributed by atoms with Crippen LogP contribution in [-0.4, -0.2) is 32.1 Å². The van der Waals surface area contributed by atoms with Crippen molar-refractivity contribution in [1.82, 2.24) is 0 Å². The van der Waals surface area contributed by atoms with Gasteiger partial charge in [0.05, 0.1) is 6.61 Å². The van der Waals surface area contributed by atoms with E-state index in [4.69, 9.17) is 4.74 Å². The number of anilines is 1. The monoisotopic (exact) mass is 275 g/mol. The van der Waals surface area contributed by atoms with Crippen molar-refractivity contribution in [2.45, 2.75) is 39.2 Å². The number of benzene rings is 1. The molecule has 20 heavy (non-hydrogen) atoms. The van der Waals surface area contributed by atoms with Gasteiger partial charge in [-0.1, -0.05) is 6.92 Å². The second-order valence-electron chi connectivity index (χ2n) is 5.59. The first-order valence-electron chi connectivity index (χ1n) is 7.56. The summed E-state index contributed by atoms with van der Waals surface area (Å²) >= 11 is 0. The number of hydrogen-bond donors (Lipinski definition) is 0. The SMILES string of the molecule is CCC(=O)c1ccc(N(CCOC)C(C)C2CC2)cc1. The van der Waals surface area contributed by atoms with Crippen LogP contribution in [0.2, 0.25) is 0 Å². The number of ketones is 1. The largest absolute Gasteiger partial charge is 0.383 e. The lowest BCUT2D eigenvalue weighted by atomic mass is 10.1. The molecule has 0 aliphatic heterocycles. The van der Waals surface area contributed by atoms with Gasteiger partial charge in [-0.05, 0) is 49.9 Å².